The maximum Gasteiger partial charge on any atom is 0.223 e. The van der Waals surface area contributed by atoms with Crippen LogP contribution in [0.2, 0.25) is 0 Å². The fraction of sp³-hybridized carbons (Fsp3) is 0.333. The fourth-order valence-corrected chi connectivity index (χ4v) is 2.67. The van der Waals surface area contributed by atoms with Gasteiger partial charge in [-0.15, -0.1) is 0 Å². The Bertz CT molecular complexity index is 830. The van der Waals surface area contributed by atoms with Crippen molar-refractivity contribution in [1.82, 2.24) is 15.0 Å². The summed E-state index contributed by atoms with van der Waals surface area (Å²) in [5, 5.41) is 2.87. The molecule has 1 aliphatic carbocycles. The summed E-state index contributed by atoms with van der Waals surface area (Å²) in [6.45, 7) is 4.19. The van der Waals surface area contributed by atoms with Crippen LogP contribution < -0.4 is 5.32 Å². The summed E-state index contributed by atoms with van der Waals surface area (Å²) in [5.74, 6) is 6.67. The molecule has 3 rings (SSSR count). The normalized spacial score (nSPS) is 15.3. The average Bonchev–Trinajstić information content (AvgIpc) is 2.52. The van der Waals surface area contributed by atoms with Gasteiger partial charge in [0.05, 0.1) is 5.69 Å². The highest BCUT2D eigenvalue weighted by atomic mass is 16.1. The van der Waals surface area contributed by atoms with Crippen LogP contribution in [0.15, 0.2) is 24.5 Å². The van der Waals surface area contributed by atoms with Crippen LogP contribution in [-0.2, 0) is 6.42 Å². The molecule has 0 fully saturated rings. The minimum Gasteiger partial charge on any atom is -0.357 e. The Balaban J connectivity index is 1.90. The van der Waals surface area contributed by atoms with E-state index in [4.69, 9.17) is 0 Å². The van der Waals surface area contributed by atoms with E-state index in [0.717, 1.165) is 17.7 Å². The van der Waals surface area contributed by atoms with Gasteiger partial charge >= 0.3 is 0 Å². The zero-order valence-electron chi connectivity index (χ0n) is 13.5. The molecule has 0 radical (unpaired) electrons. The number of nitrogens with zero attached hydrogens (tertiary/aromatic N) is 3. The molecule has 0 amide bonds. The van der Waals surface area contributed by atoms with Gasteiger partial charge in [0.25, 0.3) is 0 Å². The third-order valence-electron chi connectivity index (χ3n) is 3.77. The molecule has 0 saturated heterocycles. The van der Waals surface area contributed by atoms with Crippen molar-refractivity contribution in [2.45, 2.75) is 26.7 Å². The SMILES string of the molecule is CNc1nccc(C#Cc2cnc3c(c2)C(=O)CC(C)(C)C3)n1. The molecule has 0 saturated carbocycles. The second-order valence-corrected chi connectivity index (χ2v) is 6.42. The Kier molecular flexibility index (Phi) is 3.83. The lowest BCUT2D eigenvalue weighted by atomic mass is 9.75. The molecule has 0 unspecified atom stereocenters. The highest BCUT2D eigenvalue weighted by Gasteiger charge is 2.31. The molecule has 2 aromatic heterocycles. The van der Waals surface area contributed by atoms with E-state index in [1.807, 2.05) is 6.07 Å². The molecule has 0 spiro atoms. The molecule has 23 heavy (non-hydrogen) atoms. The van der Waals surface area contributed by atoms with Crippen molar-refractivity contribution >= 4 is 11.7 Å². The first-order chi connectivity index (χ1) is 11.0. The molecule has 0 bridgehead atoms. The Morgan fingerprint density at radius 3 is 2.83 bits per heavy atom. The molecule has 5 heteroatoms. The van der Waals surface area contributed by atoms with Crippen molar-refractivity contribution in [3.63, 3.8) is 0 Å². The van der Waals surface area contributed by atoms with Gasteiger partial charge < -0.3 is 5.32 Å². The van der Waals surface area contributed by atoms with Crippen molar-refractivity contribution in [3.8, 4) is 11.8 Å². The second-order valence-electron chi connectivity index (χ2n) is 6.42. The predicted molar refractivity (Wildman–Crippen MR) is 88.2 cm³/mol. The van der Waals surface area contributed by atoms with Crippen LogP contribution >= 0.6 is 0 Å². The molecule has 0 aliphatic heterocycles. The number of aromatic nitrogens is 3. The van der Waals surface area contributed by atoms with E-state index in [1.165, 1.54) is 0 Å². The number of ketones is 1. The van der Waals surface area contributed by atoms with E-state index in [0.29, 0.717) is 23.6 Å². The van der Waals surface area contributed by atoms with Crippen LogP contribution in [0.4, 0.5) is 5.95 Å². The zero-order chi connectivity index (χ0) is 16.4. The zero-order valence-corrected chi connectivity index (χ0v) is 13.5. The number of hydrogen-bond acceptors (Lipinski definition) is 5. The third kappa shape index (κ3) is 3.37. The summed E-state index contributed by atoms with van der Waals surface area (Å²) in [6, 6.07) is 3.58. The average molecular weight is 306 g/mol. The molecule has 2 heterocycles. The van der Waals surface area contributed by atoms with Gasteiger partial charge in [-0.2, -0.15) is 0 Å². The Hall–Kier alpha value is -2.74. The Morgan fingerprint density at radius 1 is 1.22 bits per heavy atom. The summed E-state index contributed by atoms with van der Waals surface area (Å²) in [6.07, 6.45) is 4.75. The molecular weight excluding hydrogens is 288 g/mol. The maximum absolute atomic E-state index is 12.3. The summed E-state index contributed by atoms with van der Waals surface area (Å²) < 4.78 is 0. The number of pyridine rings is 1. The standard InChI is InChI=1S/C18H18N4O/c1-18(2)9-15-14(16(23)10-18)8-12(11-21-15)4-5-13-6-7-20-17(19-3)22-13/h6-8,11H,9-10H2,1-3H3,(H,19,20,22). The molecule has 2 aromatic rings. The van der Waals surface area contributed by atoms with Crippen LogP contribution in [0.1, 0.15) is 47.6 Å². The minimum atomic E-state index is -0.0191. The minimum absolute atomic E-state index is 0.0191. The number of rotatable bonds is 1. The maximum atomic E-state index is 12.3. The number of anilines is 1. The van der Waals surface area contributed by atoms with E-state index in [-0.39, 0.29) is 11.2 Å². The molecule has 0 aromatic carbocycles. The Morgan fingerprint density at radius 2 is 2.04 bits per heavy atom. The van der Waals surface area contributed by atoms with Gasteiger partial charge in [-0.1, -0.05) is 19.8 Å². The first-order valence-electron chi connectivity index (χ1n) is 7.52. The van der Waals surface area contributed by atoms with E-state index >= 15 is 0 Å². The topological polar surface area (TPSA) is 67.8 Å². The smallest absolute Gasteiger partial charge is 0.223 e. The third-order valence-corrected chi connectivity index (χ3v) is 3.77. The highest BCUT2D eigenvalue weighted by molar-refractivity contribution is 5.98. The van der Waals surface area contributed by atoms with Gasteiger partial charge in [-0.3, -0.25) is 9.78 Å². The van der Waals surface area contributed by atoms with Crippen molar-refractivity contribution in [2.75, 3.05) is 12.4 Å². The van der Waals surface area contributed by atoms with Gasteiger partial charge in [0.15, 0.2) is 5.78 Å². The summed E-state index contributed by atoms with van der Waals surface area (Å²) in [4.78, 5) is 25.0. The number of Topliss-reactive ketones (excluding diaryl/α,β-unsaturated/α-hetero) is 1. The van der Waals surface area contributed by atoms with Crippen LogP contribution in [-0.4, -0.2) is 27.8 Å². The van der Waals surface area contributed by atoms with Crippen LogP contribution in [0.25, 0.3) is 0 Å². The number of hydrogen-bond donors (Lipinski definition) is 1. The fourth-order valence-electron chi connectivity index (χ4n) is 2.67. The van der Waals surface area contributed by atoms with Crippen molar-refractivity contribution < 1.29 is 4.79 Å². The monoisotopic (exact) mass is 306 g/mol. The largest absolute Gasteiger partial charge is 0.357 e. The highest BCUT2D eigenvalue weighted by Crippen LogP contribution is 2.33. The first kappa shape index (κ1) is 15.2. The number of fused-ring (bicyclic) bond motifs is 1. The molecule has 1 N–H and O–H groups in total. The van der Waals surface area contributed by atoms with Crippen LogP contribution in [0, 0.1) is 17.3 Å². The number of carbonyl (C=O) groups is 1. The van der Waals surface area contributed by atoms with Gasteiger partial charge in [-0.05, 0) is 29.9 Å². The predicted octanol–water partition coefficient (Wildman–Crippen LogP) is 2.47. The molecular formula is C18H18N4O. The van der Waals surface area contributed by atoms with Gasteiger partial charge in [0, 0.05) is 37.0 Å². The number of carbonyl (C=O) groups excluding carboxylic acids is 1. The molecule has 1 aliphatic rings. The molecule has 116 valence electrons. The van der Waals surface area contributed by atoms with E-state index in [1.54, 1.807) is 25.5 Å². The lowest BCUT2D eigenvalue weighted by Crippen LogP contribution is -2.27. The first-order valence-corrected chi connectivity index (χ1v) is 7.52. The van der Waals surface area contributed by atoms with E-state index in [2.05, 4.69) is 46.0 Å². The van der Waals surface area contributed by atoms with E-state index < -0.39 is 0 Å². The lowest BCUT2D eigenvalue weighted by molar-refractivity contribution is 0.0910. The summed E-state index contributed by atoms with van der Waals surface area (Å²) in [7, 11) is 1.76. The van der Waals surface area contributed by atoms with Crippen LogP contribution in [0.5, 0.6) is 0 Å². The van der Waals surface area contributed by atoms with Crippen LogP contribution in [0.3, 0.4) is 0 Å². The van der Waals surface area contributed by atoms with Crippen molar-refractivity contribution in [2.24, 2.45) is 5.41 Å². The summed E-state index contributed by atoms with van der Waals surface area (Å²) in [5.41, 5.74) is 2.90. The Labute approximate surface area is 135 Å². The lowest BCUT2D eigenvalue weighted by Gasteiger charge is -2.29. The van der Waals surface area contributed by atoms with Gasteiger partial charge in [0.2, 0.25) is 5.95 Å². The second kappa shape index (κ2) is 5.81. The van der Waals surface area contributed by atoms with E-state index in [9.17, 15) is 4.79 Å². The van der Waals surface area contributed by atoms with Gasteiger partial charge in [-0.25, -0.2) is 9.97 Å². The van der Waals surface area contributed by atoms with Crippen molar-refractivity contribution in [1.29, 1.82) is 0 Å². The quantitative estimate of drug-likeness (QED) is 0.820. The summed E-state index contributed by atoms with van der Waals surface area (Å²) >= 11 is 0. The molecule has 5 nitrogen and oxygen atoms in total. The number of nitrogens with one attached hydrogen (secondary N) is 1. The van der Waals surface area contributed by atoms with Crippen molar-refractivity contribution in [3.05, 3.63) is 47.0 Å². The molecule has 0 atom stereocenters. The van der Waals surface area contributed by atoms with Gasteiger partial charge in [0.1, 0.15) is 5.69 Å².